The van der Waals surface area contributed by atoms with E-state index in [1.54, 1.807) is 0 Å². The summed E-state index contributed by atoms with van der Waals surface area (Å²) in [5.41, 5.74) is -0.811. The predicted molar refractivity (Wildman–Crippen MR) is 58.9 cm³/mol. The van der Waals surface area contributed by atoms with Crippen LogP contribution in [0.15, 0.2) is 0 Å². The number of ketones is 1. The molecule has 4 atom stereocenters. The second-order valence-corrected chi connectivity index (χ2v) is 6.22. The summed E-state index contributed by atoms with van der Waals surface area (Å²) in [6.45, 7) is 3.89. The van der Waals surface area contributed by atoms with Gasteiger partial charge in [0.25, 0.3) is 0 Å². The molecule has 15 heavy (non-hydrogen) atoms. The van der Waals surface area contributed by atoms with Crippen LogP contribution >= 0.6 is 15.9 Å². The van der Waals surface area contributed by atoms with Crippen LogP contribution in [0.2, 0.25) is 0 Å². The molecule has 0 heterocycles. The summed E-state index contributed by atoms with van der Waals surface area (Å²) >= 11 is 3.42. The van der Waals surface area contributed by atoms with Crippen LogP contribution in [0.25, 0.3) is 0 Å². The van der Waals surface area contributed by atoms with Gasteiger partial charge in [-0.2, -0.15) is 0 Å². The van der Waals surface area contributed by atoms with Gasteiger partial charge in [-0.25, -0.2) is 0 Å². The standard InChI is InChI=1S/C11H15BrO3/c1-10-4-3-6(8(12)9(10)15)11(10,2)5-7(13)14/h6,8H,3-5H2,1-2H3,(H,13,14)/t6-,8+,10-,11-/m1/s1. The summed E-state index contributed by atoms with van der Waals surface area (Å²) in [7, 11) is 0. The quantitative estimate of drug-likeness (QED) is 0.786. The minimum absolute atomic E-state index is 0.0992. The molecule has 0 aromatic rings. The van der Waals surface area contributed by atoms with Gasteiger partial charge in [0, 0.05) is 5.41 Å². The third-order valence-corrected chi connectivity index (χ3v) is 5.75. The largest absolute Gasteiger partial charge is 0.481 e. The first kappa shape index (κ1) is 11.1. The van der Waals surface area contributed by atoms with E-state index < -0.39 is 11.4 Å². The zero-order valence-corrected chi connectivity index (χ0v) is 10.5. The molecule has 0 aliphatic heterocycles. The summed E-state index contributed by atoms with van der Waals surface area (Å²) in [6.07, 6.45) is 1.90. The molecule has 2 fully saturated rings. The van der Waals surface area contributed by atoms with Crippen molar-refractivity contribution in [2.24, 2.45) is 16.7 Å². The fourth-order valence-corrected chi connectivity index (χ4v) is 4.81. The molecule has 0 unspecified atom stereocenters. The first-order chi connectivity index (χ1) is 6.83. The lowest BCUT2D eigenvalue weighted by Gasteiger charge is -2.34. The Balaban J connectivity index is 2.42. The number of aliphatic carboxylic acids is 1. The van der Waals surface area contributed by atoms with Crippen LogP contribution < -0.4 is 0 Å². The molecule has 0 aromatic heterocycles. The Morgan fingerprint density at radius 2 is 2.20 bits per heavy atom. The zero-order valence-electron chi connectivity index (χ0n) is 8.92. The van der Waals surface area contributed by atoms with E-state index in [1.807, 2.05) is 13.8 Å². The van der Waals surface area contributed by atoms with Crippen molar-refractivity contribution >= 4 is 27.7 Å². The minimum atomic E-state index is -0.801. The monoisotopic (exact) mass is 274 g/mol. The number of alkyl halides is 1. The van der Waals surface area contributed by atoms with Crippen molar-refractivity contribution in [1.82, 2.24) is 0 Å². The number of hydrogen-bond donors (Lipinski definition) is 1. The van der Waals surface area contributed by atoms with Crippen molar-refractivity contribution in [3.05, 3.63) is 0 Å². The highest BCUT2D eigenvalue weighted by Gasteiger charge is 2.68. The lowest BCUT2D eigenvalue weighted by Crippen LogP contribution is -2.37. The maximum Gasteiger partial charge on any atom is 0.303 e. The molecule has 0 aromatic carbocycles. The third kappa shape index (κ3) is 1.17. The molecule has 3 nitrogen and oxygen atoms in total. The zero-order chi connectivity index (χ0) is 11.4. The van der Waals surface area contributed by atoms with Gasteiger partial charge in [-0.3, -0.25) is 9.59 Å². The Kier molecular flexibility index (Phi) is 2.27. The van der Waals surface area contributed by atoms with Crippen molar-refractivity contribution in [2.45, 2.75) is 37.9 Å². The molecule has 2 aliphatic rings. The van der Waals surface area contributed by atoms with Crippen LogP contribution in [-0.2, 0) is 9.59 Å². The van der Waals surface area contributed by atoms with E-state index in [-0.39, 0.29) is 28.4 Å². The molecule has 2 bridgehead atoms. The molecule has 0 spiro atoms. The lowest BCUT2D eigenvalue weighted by atomic mass is 9.67. The number of rotatable bonds is 2. The van der Waals surface area contributed by atoms with Gasteiger partial charge in [-0.15, -0.1) is 0 Å². The van der Waals surface area contributed by atoms with Crippen molar-refractivity contribution in [3.63, 3.8) is 0 Å². The molecule has 4 heteroatoms. The van der Waals surface area contributed by atoms with E-state index in [0.29, 0.717) is 0 Å². The van der Waals surface area contributed by atoms with Crippen molar-refractivity contribution < 1.29 is 14.7 Å². The summed E-state index contributed by atoms with van der Waals surface area (Å²) in [5, 5.41) is 8.96. The van der Waals surface area contributed by atoms with Gasteiger partial charge in [0.15, 0.2) is 5.78 Å². The Morgan fingerprint density at radius 1 is 1.60 bits per heavy atom. The van der Waals surface area contributed by atoms with Gasteiger partial charge >= 0.3 is 5.97 Å². The Hall–Kier alpha value is -0.380. The van der Waals surface area contributed by atoms with Crippen LogP contribution in [0.3, 0.4) is 0 Å². The molecule has 1 N–H and O–H groups in total. The molecule has 0 saturated heterocycles. The molecule has 2 aliphatic carbocycles. The molecule has 2 rings (SSSR count). The molecular formula is C11H15BrO3. The second kappa shape index (κ2) is 3.06. The Labute approximate surface area is 97.4 Å². The summed E-state index contributed by atoms with van der Waals surface area (Å²) in [6, 6.07) is 0. The fourth-order valence-electron chi connectivity index (χ4n) is 3.46. The highest BCUT2D eigenvalue weighted by molar-refractivity contribution is 9.10. The van der Waals surface area contributed by atoms with Gasteiger partial charge in [0.1, 0.15) is 0 Å². The van der Waals surface area contributed by atoms with Crippen LogP contribution in [0, 0.1) is 16.7 Å². The smallest absolute Gasteiger partial charge is 0.303 e. The number of carbonyl (C=O) groups is 2. The van der Waals surface area contributed by atoms with Crippen LogP contribution in [0.1, 0.15) is 33.1 Å². The number of halogens is 1. The summed E-state index contributed by atoms with van der Waals surface area (Å²) in [5.74, 6) is -0.418. The van der Waals surface area contributed by atoms with Crippen molar-refractivity contribution in [2.75, 3.05) is 0 Å². The van der Waals surface area contributed by atoms with Crippen LogP contribution in [0.5, 0.6) is 0 Å². The molecule has 2 saturated carbocycles. The van der Waals surface area contributed by atoms with E-state index in [0.717, 1.165) is 12.8 Å². The highest BCUT2D eigenvalue weighted by atomic mass is 79.9. The average Bonchev–Trinajstić information content (AvgIpc) is 2.42. The third-order valence-electron chi connectivity index (χ3n) is 4.70. The van der Waals surface area contributed by atoms with Gasteiger partial charge < -0.3 is 5.11 Å². The summed E-state index contributed by atoms with van der Waals surface area (Å²) < 4.78 is 0. The molecular weight excluding hydrogens is 260 g/mol. The van der Waals surface area contributed by atoms with Gasteiger partial charge in [-0.1, -0.05) is 29.8 Å². The molecule has 0 amide bonds. The van der Waals surface area contributed by atoms with Gasteiger partial charge in [-0.05, 0) is 24.2 Å². The predicted octanol–water partition coefficient (Wildman–Crippen LogP) is 2.23. The van der Waals surface area contributed by atoms with E-state index in [2.05, 4.69) is 15.9 Å². The highest BCUT2D eigenvalue weighted by Crippen LogP contribution is 2.66. The first-order valence-electron chi connectivity index (χ1n) is 5.23. The second-order valence-electron chi connectivity index (χ2n) is 5.23. The van der Waals surface area contributed by atoms with Gasteiger partial charge in [0.05, 0.1) is 11.2 Å². The average molecular weight is 275 g/mol. The SMILES string of the molecule is C[C@@]12CC[C@H]([C@H](Br)C1=O)[C@@]2(C)CC(=O)O. The number of hydrogen-bond acceptors (Lipinski definition) is 2. The number of fused-ring (bicyclic) bond motifs is 2. The number of carbonyl (C=O) groups excluding carboxylic acids is 1. The maximum atomic E-state index is 12.0. The Morgan fingerprint density at radius 3 is 2.60 bits per heavy atom. The van der Waals surface area contributed by atoms with E-state index in [1.165, 1.54) is 0 Å². The van der Waals surface area contributed by atoms with Gasteiger partial charge in [0.2, 0.25) is 0 Å². The number of Topliss-reactive ketones (excluding diaryl/α,β-unsaturated/α-hetero) is 1. The Bertz CT molecular complexity index is 341. The maximum absolute atomic E-state index is 12.0. The number of carboxylic acid groups (broad SMARTS) is 1. The van der Waals surface area contributed by atoms with Crippen LogP contribution in [0.4, 0.5) is 0 Å². The van der Waals surface area contributed by atoms with Crippen LogP contribution in [-0.4, -0.2) is 21.7 Å². The topological polar surface area (TPSA) is 54.4 Å². The number of carboxylic acids is 1. The lowest BCUT2D eigenvalue weighted by molar-refractivity contribution is -0.142. The summed E-state index contributed by atoms with van der Waals surface area (Å²) in [4.78, 5) is 22.8. The van der Waals surface area contributed by atoms with E-state index in [4.69, 9.17) is 5.11 Å². The molecule has 0 radical (unpaired) electrons. The normalized spacial score (nSPS) is 48.6. The molecule has 84 valence electrons. The van der Waals surface area contributed by atoms with Crippen molar-refractivity contribution in [1.29, 1.82) is 0 Å². The minimum Gasteiger partial charge on any atom is -0.481 e. The van der Waals surface area contributed by atoms with E-state index in [9.17, 15) is 9.59 Å². The van der Waals surface area contributed by atoms with E-state index >= 15 is 0 Å². The first-order valence-corrected chi connectivity index (χ1v) is 6.15. The van der Waals surface area contributed by atoms with Crippen molar-refractivity contribution in [3.8, 4) is 0 Å². The fraction of sp³-hybridized carbons (Fsp3) is 0.818.